The lowest BCUT2D eigenvalue weighted by Crippen LogP contribution is -2.52. The number of carbonyl (C=O) groups is 3. The van der Waals surface area contributed by atoms with Crippen LogP contribution >= 0.6 is 12.4 Å². The average molecular weight is 564 g/mol. The molecule has 0 spiro atoms. The van der Waals surface area contributed by atoms with Crippen LogP contribution in [0.1, 0.15) is 75.8 Å². The first-order valence-corrected chi connectivity index (χ1v) is 12.2. The van der Waals surface area contributed by atoms with Crippen LogP contribution in [-0.2, 0) is 20.7 Å². The number of rotatable bonds is 4. The van der Waals surface area contributed by atoms with E-state index in [1.165, 1.54) is 32.2 Å². The molecule has 210 valence electrons. The fourth-order valence-electron chi connectivity index (χ4n) is 5.66. The molecule has 2 aromatic rings. The van der Waals surface area contributed by atoms with E-state index >= 15 is 0 Å². The van der Waals surface area contributed by atoms with E-state index in [1.807, 2.05) is 0 Å². The Kier molecular flexibility index (Phi) is 7.54. The lowest BCUT2D eigenvalue weighted by molar-refractivity contribution is -0.247. The van der Waals surface area contributed by atoms with Crippen LogP contribution in [0.3, 0.4) is 0 Å². The maximum absolute atomic E-state index is 13.6. The maximum Gasteiger partial charge on any atom is 0.202 e. The van der Waals surface area contributed by atoms with E-state index in [0.29, 0.717) is 0 Å². The predicted octanol–water partition coefficient (Wildman–Crippen LogP) is 1.45. The molecule has 3 aliphatic rings. The topological polar surface area (TPSA) is 186 Å². The maximum atomic E-state index is 13.6. The number of halogens is 1. The number of benzene rings is 2. The molecule has 6 N–H and O–H groups in total. The quantitative estimate of drug-likeness (QED) is 0.289. The second-order valence-electron chi connectivity index (χ2n) is 10.1. The van der Waals surface area contributed by atoms with Crippen LogP contribution in [0, 0.1) is 0 Å². The van der Waals surface area contributed by atoms with Gasteiger partial charge in [0.25, 0.3) is 0 Å². The zero-order valence-electron chi connectivity index (χ0n) is 21.5. The van der Waals surface area contributed by atoms with Crippen molar-refractivity contribution in [3.05, 3.63) is 51.6 Å². The van der Waals surface area contributed by atoms with Crippen molar-refractivity contribution in [3.63, 3.8) is 0 Å². The third-order valence-corrected chi connectivity index (χ3v) is 7.80. The predicted molar refractivity (Wildman–Crippen MR) is 138 cm³/mol. The Bertz CT molecular complexity index is 1370. The number of hydrogen-bond acceptors (Lipinski definition) is 11. The van der Waals surface area contributed by atoms with Crippen molar-refractivity contribution >= 4 is 29.8 Å². The summed E-state index contributed by atoms with van der Waals surface area (Å²) in [6, 6.07) is 3.75. The fourth-order valence-corrected chi connectivity index (χ4v) is 5.66. The van der Waals surface area contributed by atoms with Crippen LogP contribution in [0.15, 0.2) is 18.2 Å². The molecule has 0 bridgehead atoms. The van der Waals surface area contributed by atoms with E-state index in [2.05, 4.69) is 0 Å². The van der Waals surface area contributed by atoms with Gasteiger partial charge in [0.2, 0.25) is 5.78 Å². The Morgan fingerprint density at radius 1 is 1.13 bits per heavy atom. The third kappa shape index (κ3) is 4.39. The molecule has 1 aliphatic heterocycles. The minimum atomic E-state index is -2.00. The normalized spacial score (nSPS) is 29.5. The molecule has 2 aromatic carbocycles. The van der Waals surface area contributed by atoms with Crippen LogP contribution in [0.4, 0.5) is 0 Å². The van der Waals surface area contributed by atoms with Gasteiger partial charge in [0.15, 0.2) is 17.9 Å². The van der Waals surface area contributed by atoms with Gasteiger partial charge >= 0.3 is 0 Å². The molecule has 2 unspecified atom stereocenters. The first kappa shape index (κ1) is 28.9. The first-order chi connectivity index (χ1) is 17.9. The molecule has 0 amide bonds. The molecule has 12 heteroatoms. The summed E-state index contributed by atoms with van der Waals surface area (Å²) < 4.78 is 17.1. The highest BCUT2D eigenvalue weighted by Crippen LogP contribution is 2.52. The Morgan fingerprint density at radius 2 is 1.79 bits per heavy atom. The number of aromatic hydroxyl groups is 2. The molecule has 1 saturated heterocycles. The average Bonchev–Trinajstić information content (AvgIpc) is 2.87. The summed E-state index contributed by atoms with van der Waals surface area (Å²) in [5, 5.41) is 44.1. The van der Waals surface area contributed by atoms with Gasteiger partial charge in [-0.1, -0.05) is 12.1 Å². The molecular weight excluding hydrogens is 534 g/mol. The van der Waals surface area contributed by atoms with Crippen molar-refractivity contribution in [1.82, 2.24) is 0 Å². The van der Waals surface area contributed by atoms with E-state index in [1.54, 1.807) is 6.92 Å². The van der Waals surface area contributed by atoms with Gasteiger partial charge in [-0.05, 0) is 19.9 Å². The van der Waals surface area contributed by atoms with Crippen LogP contribution in [-0.4, -0.2) is 75.0 Å². The molecule has 2 aliphatic carbocycles. The van der Waals surface area contributed by atoms with Crippen LogP contribution in [0.5, 0.6) is 17.2 Å². The number of ketones is 3. The zero-order valence-corrected chi connectivity index (χ0v) is 22.3. The lowest BCUT2D eigenvalue weighted by atomic mass is 9.72. The highest BCUT2D eigenvalue weighted by molar-refractivity contribution is 6.31. The number of ether oxygens (including phenoxy) is 3. The van der Waals surface area contributed by atoms with Crippen molar-refractivity contribution in [3.8, 4) is 17.2 Å². The Balaban J connectivity index is 0.00000353. The van der Waals surface area contributed by atoms with E-state index in [0.717, 1.165) is 0 Å². The summed E-state index contributed by atoms with van der Waals surface area (Å²) in [5.74, 6) is -3.18. The fraction of sp³-hybridized carbons (Fsp3) is 0.444. The number of aliphatic hydroxyl groups excluding tert-OH is 1. The Hall–Kier alpha value is -3.06. The summed E-state index contributed by atoms with van der Waals surface area (Å²) >= 11 is 0. The molecule has 5 rings (SSSR count). The lowest BCUT2D eigenvalue weighted by Gasteiger charge is -2.42. The second-order valence-corrected chi connectivity index (χ2v) is 10.1. The number of aliphatic hydroxyl groups is 2. The number of hydrogen-bond donors (Lipinski definition) is 5. The number of nitrogens with two attached hydrogens (primary N) is 1. The highest BCUT2D eigenvalue weighted by Gasteiger charge is 2.49. The van der Waals surface area contributed by atoms with E-state index < -0.39 is 82.6 Å². The van der Waals surface area contributed by atoms with E-state index in [9.17, 15) is 34.8 Å². The number of phenolic OH excluding ortho intramolecular Hbond substituents is 2. The van der Waals surface area contributed by atoms with Crippen molar-refractivity contribution in [1.29, 1.82) is 0 Å². The van der Waals surface area contributed by atoms with Gasteiger partial charge in [0.05, 0.1) is 42.1 Å². The Morgan fingerprint density at radius 3 is 2.41 bits per heavy atom. The van der Waals surface area contributed by atoms with Gasteiger partial charge in [-0.25, -0.2) is 0 Å². The monoisotopic (exact) mass is 563 g/mol. The largest absolute Gasteiger partial charge is 0.507 e. The molecule has 6 atom stereocenters. The van der Waals surface area contributed by atoms with Gasteiger partial charge in [-0.15, -0.1) is 12.4 Å². The summed E-state index contributed by atoms with van der Waals surface area (Å²) in [6.07, 6.45) is -4.53. The molecule has 11 nitrogen and oxygen atoms in total. The number of fused-ring (bicyclic) bond motifs is 3. The molecule has 0 saturated carbocycles. The molecule has 39 heavy (non-hydrogen) atoms. The van der Waals surface area contributed by atoms with Crippen LogP contribution in [0.2, 0.25) is 0 Å². The minimum absolute atomic E-state index is 0. The van der Waals surface area contributed by atoms with E-state index in [4.69, 9.17) is 19.9 Å². The first-order valence-electron chi connectivity index (χ1n) is 12.2. The second kappa shape index (κ2) is 10.2. The number of methoxy groups -OCH3 is 1. The number of phenols is 2. The van der Waals surface area contributed by atoms with Crippen molar-refractivity contribution in [2.75, 3.05) is 7.11 Å². The van der Waals surface area contributed by atoms with Gasteiger partial charge in [0, 0.05) is 42.0 Å². The molecule has 1 heterocycles. The summed E-state index contributed by atoms with van der Waals surface area (Å²) in [5.41, 5.74) is 2.97. The molecular formula is C27H30ClNO10. The molecule has 1 fully saturated rings. The summed E-state index contributed by atoms with van der Waals surface area (Å²) in [7, 11) is 1.34. The minimum Gasteiger partial charge on any atom is -0.507 e. The van der Waals surface area contributed by atoms with Crippen LogP contribution in [0.25, 0.3) is 0 Å². The molecule has 0 aromatic heterocycles. The van der Waals surface area contributed by atoms with Gasteiger partial charge in [0.1, 0.15) is 22.8 Å². The third-order valence-electron chi connectivity index (χ3n) is 7.80. The molecule has 0 radical (unpaired) electrons. The van der Waals surface area contributed by atoms with Gasteiger partial charge in [-0.3, -0.25) is 14.4 Å². The smallest absolute Gasteiger partial charge is 0.202 e. The van der Waals surface area contributed by atoms with Crippen molar-refractivity contribution in [2.24, 2.45) is 5.73 Å². The van der Waals surface area contributed by atoms with E-state index in [-0.39, 0.29) is 53.3 Å². The standard InChI is InChI=1S/C27H29NO10.ClH/c1-10-22(30)14(28)7-17(37-10)38-16-9-27(35,11(2)29)8-13-19(16)26(34)21-20(24(13)32)23(31)12-5-4-6-15(36-3)18(12)25(21)33;/h4-6,10,14,16-17,22,30,32,34-35H,7-9,28H2,1-3H3;1H/t10-,14?,16-,17+,22?,27-;/m0./s1. The van der Waals surface area contributed by atoms with Gasteiger partial charge in [-0.2, -0.15) is 0 Å². The van der Waals surface area contributed by atoms with Gasteiger partial charge < -0.3 is 40.4 Å². The van der Waals surface area contributed by atoms with Crippen LogP contribution < -0.4 is 10.5 Å². The number of carbonyl (C=O) groups excluding carboxylic acids is 3. The summed E-state index contributed by atoms with van der Waals surface area (Å²) in [4.78, 5) is 39.6. The summed E-state index contributed by atoms with van der Waals surface area (Å²) in [6.45, 7) is 2.79. The van der Waals surface area contributed by atoms with Crippen molar-refractivity contribution < 1.29 is 49.0 Å². The zero-order chi connectivity index (χ0) is 27.7. The van der Waals surface area contributed by atoms with Crippen molar-refractivity contribution in [2.45, 2.75) is 69.4 Å². The number of Topliss-reactive ketones (excluding diaryl/α,β-unsaturated/α-hetero) is 1. The SMILES string of the molecule is COc1cccc2c1C(=O)c1c(O)c3c(c(O)c1C2=O)C[C@@](O)(C(C)=O)C[C@@H]3O[C@@H]1CC(N)C(O)[C@H](C)O1.Cl. The highest BCUT2D eigenvalue weighted by atomic mass is 35.5. The Labute approximate surface area is 229 Å².